The van der Waals surface area contributed by atoms with Gasteiger partial charge in [0, 0.05) is 40.0 Å². The second kappa shape index (κ2) is 5.20. The van der Waals surface area contributed by atoms with Crippen molar-refractivity contribution in [3.63, 3.8) is 0 Å². The number of fused-ring (bicyclic) bond motifs is 1. The van der Waals surface area contributed by atoms with Crippen LogP contribution in [0.1, 0.15) is 0 Å². The van der Waals surface area contributed by atoms with Crippen LogP contribution in [-0.4, -0.2) is 15.1 Å². The van der Waals surface area contributed by atoms with E-state index in [0.29, 0.717) is 0 Å². The molecule has 0 spiro atoms. The number of rotatable bonds is 3. The van der Waals surface area contributed by atoms with Crippen molar-refractivity contribution < 1.29 is 5.11 Å². The van der Waals surface area contributed by atoms with Crippen LogP contribution < -0.4 is 5.32 Å². The monoisotopic (exact) mass is 307 g/mol. The fourth-order valence-corrected chi connectivity index (χ4v) is 3.10. The Labute approximate surface area is 131 Å². The maximum absolute atomic E-state index is 9.57. The molecule has 4 aromatic rings. The van der Waals surface area contributed by atoms with Gasteiger partial charge in [0.15, 0.2) is 0 Å². The first kappa shape index (κ1) is 12.9. The minimum atomic E-state index is 0.227. The van der Waals surface area contributed by atoms with Crippen LogP contribution in [0.3, 0.4) is 0 Å². The van der Waals surface area contributed by atoms with Gasteiger partial charge in [0.2, 0.25) is 0 Å². The molecule has 22 heavy (non-hydrogen) atoms. The molecule has 108 valence electrons. The molecule has 3 heterocycles. The highest BCUT2D eigenvalue weighted by Gasteiger charge is 2.09. The van der Waals surface area contributed by atoms with E-state index in [1.165, 1.54) is 5.56 Å². The van der Waals surface area contributed by atoms with E-state index in [1.807, 2.05) is 12.1 Å². The number of H-pyrrole nitrogens is 1. The average molecular weight is 307 g/mol. The van der Waals surface area contributed by atoms with Crippen molar-refractivity contribution in [2.75, 3.05) is 5.32 Å². The maximum Gasteiger partial charge on any atom is 0.139 e. The Morgan fingerprint density at radius 3 is 2.91 bits per heavy atom. The molecule has 5 heteroatoms. The van der Waals surface area contributed by atoms with Crippen molar-refractivity contribution in [2.45, 2.75) is 0 Å². The van der Waals surface area contributed by atoms with Crippen LogP contribution in [-0.2, 0) is 0 Å². The number of nitrogens with zero attached hydrogens (tertiary/aromatic N) is 1. The Balaban J connectivity index is 1.78. The van der Waals surface area contributed by atoms with Gasteiger partial charge in [0.25, 0.3) is 0 Å². The molecule has 4 nitrogen and oxygen atoms in total. The third-order valence-electron chi connectivity index (χ3n) is 3.49. The number of anilines is 2. The van der Waals surface area contributed by atoms with Crippen LogP contribution in [0.5, 0.6) is 5.75 Å². The number of hydrogen-bond donors (Lipinski definition) is 3. The van der Waals surface area contributed by atoms with E-state index in [1.54, 1.807) is 35.7 Å². The number of aromatic nitrogens is 2. The second-order valence-electron chi connectivity index (χ2n) is 4.99. The minimum absolute atomic E-state index is 0.227. The second-order valence-corrected chi connectivity index (χ2v) is 5.77. The average Bonchev–Trinajstić information content (AvgIpc) is 3.17. The number of thiophene rings is 1. The molecule has 0 unspecified atom stereocenters. The summed E-state index contributed by atoms with van der Waals surface area (Å²) < 4.78 is 0. The van der Waals surface area contributed by atoms with E-state index >= 15 is 0 Å². The summed E-state index contributed by atoms with van der Waals surface area (Å²) in [5.41, 5.74) is 4.07. The number of phenolic OH excluding ortho intramolecular Hbond substituents is 1. The number of pyridine rings is 1. The highest BCUT2D eigenvalue weighted by Crippen LogP contribution is 2.30. The number of aromatic amines is 1. The van der Waals surface area contributed by atoms with Gasteiger partial charge in [-0.1, -0.05) is 6.07 Å². The summed E-state index contributed by atoms with van der Waals surface area (Å²) in [6.45, 7) is 0. The number of nitrogens with one attached hydrogen (secondary N) is 2. The minimum Gasteiger partial charge on any atom is -0.508 e. The molecule has 0 aliphatic heterocycles. The normalized spacial score (nSPS) is 10.9. The summed E-state index contributed by atoms with van der Waals surface area (Å²) in [7, 11) is 0. The highest BCUT2D eigenvalue weighted by atomic mass is 32.1. The van der Waals surface area contributed by atoms with Crippen molar-refractivity contribution in [1.29, 1.82) is 0 Å². The van der Waals surface area contributed by atoms with Gasteiger partial charge < -0.3 is 15.4 Å². The van der Waals surface area contributed by atoms with Crippen LogP contribution in [0, 0.1) is 0 Å². The third-order valence-corrected chi connectivity index (χ3v) is 4.17. The molecule has 0 amide bonds. The number of benzene rings is 1. The molecule has 0 radical (unpaired) electrons. The lowest BCUT2D eigenvalue weighted by atomic mass is 10.2. The van der Waals surface area contributed by atoms with E-state index in [9.17, 15) is 5.11 Å². The molecule has 4 rings (SSSR count). The molecule has 0 aliphatic carbocycles. The molecule has 3 N–H and O–H groups in total. The quantitative estimate of drug-likeness (QED) is 0.512. The van der Waals surface area contributed by atoms with Crippen LogP contribution in [0.2, 0.25) is 0 Å². The molecular formula is C17H13N3OS. The van der Waals surface area contributed by atoms with Crippen molar-refractivity contribution in [3.05, 3.63) is 59.4 Å². The smallest absolute Gasteiger partial charge is 0.139 e. The predicted octanol–water partition coefficient (Wildman–Crippen LogP) is 4.74. The standard InChI is InChI=1S/C17H13N3OS/c21-13-3-1-2-12(8-13)19-17-14-9-16(11-5-7-22-10-11)20-15(14)4-6-18-17/h1-10,20-21H,(H,18,19). The van der Waals surface area contributed by atoms with Gasteiger partial charge in [-0.25, -0.2) is 4.98 Å². The summed E-state index contributed by atoms with van der Waals surface area (Å²) in [4.78, 5) is 7.83. The first-order chi connectivity index (χ1) is 10.8. The summed E-state index contributed by atoms with van der Waals surface area (Å²) in [5, 5.41) is 18.0. The molecule has 0 aliphatic rings. The molecule has 0 bridgehead atoms. The highest BCUT2D eigenvalue weighted by molar-refractivity contribution is 7.08. The van der Waals surface area contributed by atoms with Gasteiger partial charge in [-0.3, -0.25) is 0 Å². The molecule has 0 saturated carbocycles. The van der Waals surface area contributed by atoms with E-state index in [2.05, 4.69) is 38.2 Å². The fraction of sp³-hybridized carbons (Fsp3) is 0. The van der Waals surface area contributed by atoms with Gasteiger partial charge in [-0.05, 0) is 35.7 Å². The van der Waals surface area contributed by atoms with Gasteiger partial charge in [-0.2, -0.15) is 11.3 Å². The van der Waals surface area contributed by atoms with E-state index < -0.39 is 0 Å². The van der Waals surface area contributed by atoms with Crippen molar-refractivity contribution in [1.82, 2.24) is 9.97 Å². The molecule has 0 saturated heterocycles. The van der Waals surface area contributed by atoms with Crippen molar-refractivity contribution >= 4 is 33.7 Å². The van der Waals surface area contributed by atoms with Gasteiger partial charge >= 0.3 is 0 Å². The number of hydrogen-bond acceptors (Lipinski definition) is 4. The van der Waals surface area contributed by atoms with E-state index in [4.69, 9.17) is 0 Å². The third kappa shape index (κ3) is 2.31. The van der Waals surface area contributed by atoms with Crippen LogP contribution >= 0.6 is 11.3 Å². The number of phenols is 1. The summed E-state index contributed by atoms with van der Waals surface area (Å²) in [6, 6.07) is 13.1. The van der Waals surface area contributed by atoms with E-state index in [-0.39, 0.29) is 5.75 Å². The molecule has 1 aromatic carbocycles. The molecule has 3 aromatic heterocycles. The van der Waals surface area contributed by atoms with Gasteiger partial charge in [-0.15, -0.1) is 0 Å². The topological polar surface area (TPSA) is 60.9 Å². The van der Waals surface area contributed by atoms with Crippen LogP contribution in [0.25, 0.3) is 22.2 Å². The lowest BCUT2D eigenvalue weighted by molar-refractivity contribution is 0.475. The molecular weight excluding hydrogens is 294 g/mol. The first-order valence-corrected chi connectivity index (χ1v) is 7.80. The Morgan fingerprint density at radius 2 is 2.09 bits per heavy atom. The Morgan fingerprint density at radius 1 is 1.14 bits per heavy atom. The Hall–Kier alpha value is -2.79. The zero-order chi connectivity index (χ0) is 14.9. The summed E-state index contributed by atoms with van der Waals surface area (Å²) in [5.74, 6) is 0.992. The largest absolute Gasteiger partial charge is 0.508 e. The lowest BCUT2D eigenvalue weighted by Crippen LogP contribution is -1.93. The Kier molecular flexibility index (Phi) is 3.05. The van der Waals surface area contributed by atoms with Crippen molar-refractivity contribution in [3.8, 4) is 17.0 Å². The zero-order valence-corrected chi connectivity index (χ0v) is 12.4. The Bertz CT molecular complexity index is 928. The fourth-order valence-electron chi connectivity index (χ4n) is 2.45. The molecule has 0 atom stereocenters. The number of aromatic hydroxyl groups is 1. The van der Waals surface area contributed by atoms with E-state index in [0.717, 1.165) is 28.1 Å². The van der Waals surface area contributed by atoms with Crippen LogP contribution in [0.15, 0.2) is 59.4 Å². The lowest BCUT2D eigenvalue weighted by Gasteiger charge is -2.06. The maximum atomic E-state index is 9.57. The van der Waals surface area contributed by atoms with Crippen LogP contribution in [0.4, 0.5) is 11.5 Å². The predicted molar refractivity (Wildman–Crippen MR) is 90.8 cm³/mol. The van der Waals surface area contributed by atoms with Crippen molar-refractivity contribution in [2.24, 2.45) is 0 Å². The summed E-state index contributed by atoms with van der Waals surface area (Å²) in [6.07, 6.45) is 1.77. The SMILES string of the molecule is Oc1cccc(Nc2nccc3[nH]c(-c4ccsc4)cc23)c1. The zero-order valence-electron chi connectivity index (χ0n) is 11.6. The molecule has 0 fully saturated rings. The van der Waals surface area contributed by atoms with Gasteiger partial charge in [0.1, 0.15) is 11.6 Å². The first-order valence-electron chi connectivity index (χ1n) is 6.86. The van der Waals surface area contributed by atoms with Gasteiger partial charge in [0.05, 0.1) is 5.52 Å². The summed E-state index contributed by atoms with van der Waals surface area (Å²) >= 11 is 1.67.